The SMILES string of the molecule is C=C(C)C(C)C(CC)C(C)C(C)C(C)CC. The minimum atomic E-state index is 0.659. The molecule has 0 nitrogen and oxygen atoms in total. The summed E-state index contributed by atoms with van der Waals surface area (Å²) in [6.07, 6.45) is 2.57. The largest absolute Gasteiger partial charge is 0.0999 e. The van der Waals surface area contributed by atoms with E-state index in [0.717, 1.165) is 23.7 Å². The van der Waals surface area contributed by atoms with E-state index in [2.05, 4.69) is 55.0 Å². The van der Waals surface area contributed by atoms with Gasteiger partial charge in [0, 0.05) is 0 Å². The monoisotopic (exact) mass is 224 g/mol. The van der Waals surface area contributed by atoms with Crippen LogP contribution in [0.2, 0.25) is 0 Å². The molecular formula is C16H32. The van der Waals surface area contributed by atoms with Crippen LogP contribution in [0, 0.1) is 29.6 Å². The molecule has 0 aliphatic carbocycles. The van der Waals surface area contributed by atoms with Crippen molar-refractivity contribution in [3.63, 3.8) is 0 Å². The topological polar surface area (TPSA) is 0 Å². The fourth-order valence-electron chi connectivity index (χ4n) is 2.83. The molecule has 0 bridgehead atoms. The van der Waals surface area contributed by atoms with E-state index >= 15 is 0 Å². The van der Waals surface area contributed by atoms with Crippen molar-refractivity contribution in [1.82, 2.24) is 0 Å². The molecule has 0 amide bonds. The number of hydrogen-bond acceptors (Lipinski definition) is 0. The molecule has 0 heteroatoms. The van der Waals surface area contributed by atoms with E-state index in [4.69, 9.17) is 0 Å². The van der Waals surface area contributed by atoms with Crippen LogP contribution in [0.3, 0.4) is 0 Å². The summed E-state index contributed by atoms with van der Waals surface area (Å²) in [5, 5.41) is 0. The standard InChI is InChI=1S/C16H32/c1-9-12(5)14(7)15(8)16(10-2)13(6)11(3)4/h12-16H,3,9-10H2,1-2,4-8H3. The van der Waals surface area contributed by atoms with Crippen LogP contribution in [0.1, 0.15) is 61.3 Å². The van der Waals surface area contributed by atoms with Crippen molar-refractivity contribution in [1.29, 1.82) is 0 Å². The second-order valence-electron chi connectivity index (χ2n) is 5.81. The van der Waals surface area contributed by atoms with Gasteiger partial charge in [0.25, 0.3) is 0 Å². The molecule has 0 rings (SSSR count). The van der Waals surface area contributed by atoms with Gasteiger partial charge < -0.3 is 0 Å². The predicted octanol–water partition coefficient (Wildman–Crippen LogP) is 5.54. The Bertz CT molecular complexity index is 204. The van der Waals surface area contributed by atoms with Crippen LogP contribution in [-0.2, 0) is 0 Å². The van der Waals surface area contributed by atoms with Gasteiger partial charge in [-0.3, -0.25) is 0 Å². The summed E-state index contributed by atoms with van der Waals surface area (Å²) in [6, 6.07) is 0. The molecule has 16 heavy (non-hydrogen) atoms. The Hall–Kier alpha value is -0.260. The van der Waals surface area contributed by atoms with E-state index in [1.807, 2.05) is 0 Å². The molecule has 0 aromatic heterocycles. The lowest BCUT2D eigenvalue weighted by molar-refractivity contribution is 0.162. The maximum absolute atomic E-state index is 4.13. The second kappa shape index (κ2) is 7.14. The number of hydrogen-bond donors (Lipinski definition) is 0. The number of allylic oxidation sites excluding steroid dienone is 1. The van der Waals surface area contributed by atoms with Crippen LogP contribution in [0.25, 0.3) is 0 Å². The summed E-state index contributed by atoms with van der Waals surface area (Å²) in [4.78, 5) is 0. The molecule has 0 fully saturated rings. The molecule has 0 aliphatic rings. The Morgan fingerprint density at radius 2 is 1.44 bits per heavy atom. The molecule has 0 N–H and O–H groups in total. The van der Waals surface area contributed by atoms with Crippen LogP contribution in [0.5, 0.6) is 0 Å². The third kappa shape index (κ3) is 3.96. The zero-order valence-electron chi connectivity index (χ0n) is 12.5. The van der Waals surface area contributed by atoms with Crippen LogP contribution < -0.4 is 0 Å². The first kappa shape index (κ1) is 15.7. The van der Waals surface area contributed by atoms with Crippen molar-refractivity contribution in [2.45, 2.75) is 61.3 Å². The third-order valence-corrected chi connectivity index (χ3v) is 4.94. The quantitative estimate of drug-likeness (QED) is 0.498. The molecule has 0 saturated heterocycles. The molecule has 5 atom stereocenters. The lowest BCUT2D eigenvalue weighted by Crippen LogP contribution is -2.28. The zero-order chi connectivity index (χ0) is 12.9. The maximum atomic E-state index is 4.13. The molecule has 96 valence electrons. The molecule has 0 aromatic rings. The Balaban J connectivity index is 4.64. The molecular weight excluding hydrogens is 192 g/mol. The van der Waals surface area contributed by atoms with E-state index < -0.39 is 0 Å². The highest BCUT2D eigenvalue weighted by atomic mass is 14.3. The van der Waals surface area contributed by atoms with Gasteiger partial charge in [-0.25, -0.2) is 0 Å². The molecule has 0 heterocycles. The molecule has 0 spiro atoms. The minimum absolute atomic E-state index is 0.659. The van der Waals surface area contributed by atoms with Crippen molar-refractivity contribution >= 4 is 0 Å². The number of rotatable bonds is 7. The van der Waals surface area contributed by atoms with E-state index in [1.54, 1.807) is 0 Å². The minimum Gasteiger partial charge on any atom is -0.0999 e. The summed E-state index contributed by atoms with van der Waals surface area (Å²) in [5.74, 6) is 3.90. The first-order chi connectivity index (χ1) is 7.36. The highest BCUT2D eigenvalue weighted by molar-refractivity contribution is 4.98. The van der Waals surface area contributed by atoms with Crippen molar-refractivity contribution in [2.75, 3.05) is 0 Å². The predicted molar refractivity (Wildman–Crippen MR) is 75.5 cm³/mol. The van der Waals surface area contributed by atoms with Gasteiger partial charge in [0.05, 0.1) is 0 Å². The van der Waals surface area contributed by atoms with E-state index in [-0.39, 0.29) is 0 Å². The van der Waals surface area contributed by atoms with E-state index in [9.17, 15) is 0 Å². The first-order valence-electron chi connectivity index (χ1n) is 7.02. The van der Waals surface area contributed by atoms with Gasteiger partial charge in [-0.15, -0.1) is 0 Å². The van der Waals surface area contributed by atoms with Crippen LogP contribution in [0.4, 0.5) is 0 Å². The zero-order valence-corrected chi connectivity index (χ0v) is 12.5. The Morgan fingerprint density at radius 3 is 1.75 bits per heavy atom. The summed E-state index contributed by atoms with van der Waals surface area (Å²) >= 11 is 0. The molecule has 0 radical (unpaired) electrons. The third-order valence-electron chi connectivity index (χ3n) is 4.94. The van der Waals surface area contributed by atoms with Crippen molar-refractivity contribution in [3.8, 4) is 0 Å². The van der Waals surface area contributed by atoms with Gasteiger partial charge in [-0.05, 0) is 36.5 Å². The van der Waals surface area contributed by atoms with E-state index in [1.165, 1.54) is 18.4 Å². The maximum Gasteiger partial charge on any atom is -0.0206 e. The van der Waals surface area contributed by atoms with E-state index in [0.29, 0.717) is 5.92 Å². The van der Waals surface area contributed by atoms with Crippen molar-refractivity contribution < 1.29 is 0 Å². The van der Waals surface area contributed by atoms with Gasteiger partial charge in [0.2, 0.25) is 0 Å². The summed E-state index contributed by atoms with van der Waals surface area (Å²) in [7, 11) is 0. The fraction of sp³-hybridized carbons (Fsp3) is 0.875. The lowest BCUT2D eigenvalue weighted by Gasteiger charge is -2.35. The fourth-order valence-corrected chi connectivity index (χ4v) is 2.83. The Labute approximate surface area is 104 Å². The molecule has 5 unspecified atom stereocenters. The molecule has 0 aliphatic heterocycles. The highest BCUT2D eigenvalue weighted by Gasteiger charge is 2.28. The van der Waals surface area contributed by atoms with Gasteiger partial charge in [0.1, 0.15) is 0 Å². The Kier molecular flexibility index (Phi) is 7.03. The second-order valence-corrected chi connectivity index (χ2v) is 5.81. The van der Waals surface area contributed by atoms with Gasteiger partial charge in [-0.2, -0.15) is 0 Å². The Morgan fingerprint density at radius 1 is 0.938 bits per heavy atom. The lowest BCUT2D eigenvalue weighted by atomic mass is 9.70. The molecule has 0 saturated carbocycles. The molecule has 0 aromatic carbocycles. The highest BCUT2D eigenvalue weighted by Crippen LogP contribution is 2.36. The van der Waals surface area contributed by atoms with Crippen molar-refractivity contribution in [3.05, 3.63) is 12.2 Å². The van der Waals surface area contributed by atoms with Gasteiger partial charge in [0.15, 0.2) is 0 Å². The van der Waals surface area contributed by atoms with Crippen LogP contribution in [-0.4, -0.2) is 0 Å². The summed E-state index contributed by atoms with van der Waals surface area (Å²) in [5.41, 5.74) is 1.34. The first-order valence-corrected chi connectivity index (χ1v) is 7.02. The summed E-state index contributed by atoms with van der Waals surface area (Å²) < 4.78 is 0. The van der Waals surface area contributed by atoms with Crippen molar-refractivity contribution in [2.24, 2.45) is 29.6 Å². The van der Waals surface area contributed by atoms with Crippen LogP contribution in [0.15, 0.2) is 12.2 Å². The van der Waals surface area contributed by atoms with Gasteiger partial charge in [-0.1, -0.05) is 66.5 Å². The summed E-state index contributed by atoms with van der Waals surface area (Å²) in [6.45, 7) is 20.5. The normalized spacial score (nSPS) is 20.9. The smallest absolute Gasteiger partial charge is 0.0206 e. The van der Waals surface area contributed by atoms with Gasteiger partial charge >= 0.3 is 0 Å². The van der Waals surface area contributed by atoms with Crippen LogP contribution >= 0.6 is 0 Å². The average Bonchev–Trinajstić information content (AvgIpc) is 2.27. The average molecular weight is 224 g/mol.